The van der Waals surface area contributed by atoms with Crippen LogP contribution in [0.3, 0.4) is 0 Å². The molecule has 4 heterocycles. The van der Waals surface area contributed by atoms with E-state index in [1.807, 2.05) is 29.3 Å². The highest BCUT2D eigenvalue weighted by Gasteiger charge is 2.48. The van der Waals surface area contributed by atoms with Gasteiger partial charge in [-0.1, -0.05) is 30.3 Å². The predicted octanol–water partition coefficient (Wildman–Crippen LogP) is 5.20. The van der Waals surface area contributed by atoms with Gasteiger partial charge in [-0.15, -0.1) is 0 Å². The molecule has 2 aliphatic heterocycles. The zero-order valence-electron chi connectivity index (χ0n) is 25.2. The summed E-state index contributed by atoms with van der Waals surface area (Å²) in [6.45, 7) is 5.29. The van der Waals surface area contributed by atoms with Gasteiger partial charge in [0.1, 0.15) is 11.6 Å². The molecule has 0 bridgehead atoms. The molecule has 8 heteroatoms. The Labute approximate surface area is 257 Å². The van der Waals surface area contributed by atoms with Crippen LogP contribution in [0.5, 0.6) is 0 Å². The molecule has 2 N–H and O–H groups in total. The minimum atomic E-state index is -0.465. The number of benzene rings is 3. The van der Waals surface area contributed by atoms with Crippen molar-refractivity contribution in [3.63, 3.8) is 0 Å². The van der Waals surface area contributed by atoms with Crippen molar-refractivity contribution in [3.8, 4) is 22.5 Å². The number of nitrogens with one attached hydrogen (secondary N) is 2. The SMILES string of the molecule is CN1CCN(C(=O)c2ccc3nc(-c4ccc(-c5ccc6[nH]ccc6c5)cc4)n(C[C@]4(C(=O)C5CC5)CCNC4)c3c2)CC1. The van der Waals surface area contributed by atoms with Crippen LogP contribution in [0.15, 0.2) is 72.9 Å². The Morgan fingerprint density at radius 3 is 2.43 bits per heavy atom. The standard InChI is InChI=1S/C36H38N6O2/c1-40-16-18-41(19-17-40)35(44)29-9-11-31-32(21-29)42(23-36(13-15-37-22-36)33(43)25-4-5-25)34(39-31)26-6-2-24(3-7-26)27-8-10-30-28(20-27)12-14-38-30/h2-3,6-12,14,20-21,25,37-38H,4-5,13,15-19,22-23H2,1H3/t36-/m0/s1. The second-order valence-electron chi connectivity index (χ2n) is 13.0. The number of H-pyrrole nitrogens is 1. The van der Waals surface area contributed by atoms with Crippen LogP contribution in [-0.2, 0) is 11.3 Å². The van der Waals surface area contributed by atoms with Crippen molar-refractivity contribution in [3.05, 3.63) is 78.5 Å². The number of imidazole rings is 1. The van der Waals surface area contributed by atoms with Crippen LogP contribution in [0.4, 0.5) is 0 Å². The van der Waals surface area contributed by atoms with Gasteiger partial charge in [-0.2, -0.15) is 0 Å². The second-order valence-corrected chi connectivity index (χ2v) is 13.0. The topological polar surface area (TPSA) is 86.3 Å². The van der Waals surface area contributed by atoms with Gasteiger partial charge in [-0.3, -0.25) is 9.59 Å². The van der Waals surface area contributed by atoms with Crippen molar-refractivity contribution in [1.29, 1.82) is 0 Å². The lowest BCUT2D eigenvalue weighted by molar-refractivity contribution is -0.129. The molecule has 1 amide bonds. The molecule has 8 rings (SSSR count). The molecule has 1 saturated carbocycles. The van der Waals surface area contributed by atoms with Gasteiger partial charge in [0, 0.05) is 68.0 Å². The van der Waals surface area contributed by atoms with E-state index in [-0.39, 0.29) is 11.8 Å². The number of piperazine rings is 1. The lowest BCUT2D eigenvalue weighted by atomic mass is 9.80. The first-order chi connectivity index (χ1) is 21.5. The maximum Gasteiger partial charge on any atom is 0.254 e. The lowest BCUT2D eigenvalue weighted by Crippen LogP contribution is -2.47. The summed E-state index contributed by atoms with van der Waals surface area (Å²) < 4.78 is 2.23. The minimum Gasteiger partial charge on any atom is -0.361 e. The maximum absolute atomic E-state index is 13.8. The average molecular weight is 587 g/mol. The first-order valence-electron chi connectivity index (χ1n) is 15.9. The number of Topliss-reactive ketones (excluding diaryl/α,β-unsaturated/α-hetero) is 1. The Morgan fingerprint density at radius 1 is 0.909 bits per heavy atom. The third-order valence-electron chi connectivity index (χ3n) is 9.99. The van der Waals surface area contributed by atoms with Gasteiger partial charge in [0.15, 0.2) is 0 Å². The van der Waals surface area contributed by atoms with Crippen molar-refractivity contribution >= 4 is 33.6 Å². The molecule has 0 radical (unpaired) electrons. The second kappa shape index (κ2) is 10.7. The fourth-order valence-corrected chi connectivity index (χ4v) is 7.12. The molecule has 1 aliphatic carbocycles. The number of hydrogen-bond acceptors (Lipinski definition) is 5. The molecule has 224 valence electrons. The molecule has 8 nitrogen and oxygen atoms in total. The Hall–Kier alpha value is -4.27. The zero-order chi connectivity index (χ0) is 29.8. The Morgan fingerprint density at radius 2 is 1.68 bits per heavy atom. The number of hydrogen-bond donors (Lipinski definition) is 2. The number of aromatic nitrogens is 3. The summed E-state index contributed by atoms with van der Waals surface area (Å²) >= 11 is 0. The molecule has 44 heavy (non-hydrogen) atoms. The molecule has 3 fully saturated rings. The van der Waals surface area contributed by atoms with E-state index < -0.39 is 5.41 Å². The van der Waals surface area contributed by atoms with E-state index in [2.05, 4.69) is 75.3 Å². The quantitative estimate of drug-likeness (QED) is 0.274. The summed E-state index contributed by atoms with van der Waals surface area (Å²) in [5, 5.41) is 4.67. The van der Waals surface area contributed by atoms with Crippen molar-refractivity contribution < 1.29 is 9.59 Å². The average Bonchev–Trinajstić information content (AvgIpc) is 3.43. The summed E-state index contributed by atoms with van der Waals surface area (Å²) in [6, 6.07) is 23.0. The maximum atomic E-state index is 13.8. The van der Waals surface area contributed by atoms with E-state index in [0.29, 0.717) is 24.4 Å². The van der Waals surface area contributed by atoms with Gasteiger partial charge in [-0.25, -0.2) is 4.98 Å². The molecular formula is C36H38N6O2. The van der Waals surface area contributed by atoms with E-state index >= 15 is 0 Å². The molecule has 1 atom stereocenters. The van der Waals surface area contributed by atoms with E-state index in [4.69, 9.17) is 4.98 Å². The third kappa shape index (κ3) is 4.82. The van der Waals surface area contributed by atoms with Crippen molar-refractivity contribution in [2.24, 2.45) is 11.3 Å². The van der Waals surface area contributed by atoms with Crippen molar-refractivity contribution in [1.82, 2.24) is 29.7 Å². The van der Waals surface area contributed by atoms with Crippen LogP contribution in [0, 0.1) is 11.3 Å². The number of aromatic amines is 1. The smallest absolute Gasteiger partial charge is 0.254 e. The summed E-state index contributed by atoms with van der Waals surface area (Å²) in [4.78, 5) is 40.0. The molecule has 5 aromatic rings. The van der Waals surface area contributed by atoms with Crippen LogP contribution >= 0.6 is 0 Å². The Kier molecular flexibility index (Phi) is 6.65. The highest BCUT2D eigenvalue weighted by Crippen LogP contribution is 2.42. The van der Waals surface area contributed by atoms with E-state index in [9.17, 15) is 9.59 Å². The fourth-order valence-electron chi connectivity index (χ4n) is 7.12. The summed E-state index contributed by atoms with van der Waals surface area (Å²) in [5.74, 6) is 1.46. The Balaban J connectivity index is 1.20. The van der Waals surface area contributed by atoms with Gasteiger partial charge in [0.25, 0.3) is 5.91 Å². The van der Waals surface area contributed by atoms with Crippen LogP contribution in [0.2, 0.25) is 0 Å². The van der Waals surface area contributed by atoms with Gasteiger partial charge >= 0.3 is 0 Å². The number of amides is 1. The van der Waals surface area contributed by atoms with Crippen LogP contribution in [-0.4, -0.2) is 82.3 Å². The molecule has 0 unspecified atom stereocenters. The monoisotopic (exact) mass is 586 g/mol. The number of rotatable bonds is 7. The third-order valence-corrected chi connectivity index (χ3v) is 9.99. The predicted molar refractivity (Wildman–Crippen MR) is 174 cm³/mol. The minimum absolute atomic E-state index is 0.0596. The van der Waals surface area contributed by atoms with Gasteiger partial charge < -0.3 is 24.7 Å². The highest BCUT2D eigenvalue weighted by atomic mass is 16.2. The molecule has 0 spiro atoms. The summed E-state index contributed by atoms with van der Waals surface area (Å²) in [5.41, 5.74) is 6.40. The zero-order valence-corrected chi connectivity index (χ0v) is 25.2. The Bertz CT molecular complexity index is 1870. The van der Waals surface area contributed by atoms with Gasteiger partial charge in [0.2, 0.25) is 0 Å². The lowest BCUT2D eigenvalue weighted by Gasteiger charge is -2.32. The number of ketones is 1. The van der Waals surface area contributed by atoms with Crippen molar-refractivity contribution in [2.45, 2.75) is 25.8 Å². The van der Waals surface area contributed by atoms with E-state index in [1.54, 1.807) is 0 Å². The van der Waals surface area contributed by atoms with E-state index in [1.165, 1.54) is 5.39 Å². The van der Waals surface area contributed by atoms with Gasteiger partial charge in [0.05, 0.1) is 16.4 Å². The molecule has 2 saturated heterocycles. The number of fused-ring (bicyclic) bond motifs is 2. The summed E-state index contributed by atoms with van der Waals surface area (Å²) in [7, 11) is 2.09. The normalized spacial score (nSPS) is 21.0. The first-order valence-corrected chi connectivity index (χ1v) is 15.9. The highest BCUT2D eigenvalue weighted by molar-refractivity contribution is 5.98. The van der Waals surface area contributed by atoms with Crippen molar-refractivity contribution in [2.75, 3.05) is 46.3 Å². The largest absolute Gasteiger partial charge is 0.361 e. The number of carbonyl (C=O) groups is 2. The molecule has 3 aromatic carbocycles. The fraction of sp³-hybridized carbons (Fsp3) is 0.361. The number of likely N-dealkylation sites (N-methyl/N-ethyl adjacent to an activating group) is 1. The molecule has 3 aliphatic rings. The summed E-state index contributed by atoms with van der Waals surface area (Å²) in [6.07, 6.45) is 4.78. The molecular weight excluding hydrogens is 548 g/mol. The van der Waals surface area contributed by atoms with Crippen LogP contribution in [0.25, 0.3) is 44.5 Å². The number of nitrogens with zero attached hydrogens (tertiary/aromatic N) is 4. The first kappa shape index (κ1) is 27.3. The number of carbonyl (C=O) groups excluding carboxylic acids is 2. The van der Waals surface area contributed by atoms with Crippen LogP contribution < -0.4 is 5.32 Å². The molecule has 2 aromatic heterocycles. The van der Waals surface area contributed by atoms with Gasteiger partial charge in [-0.05, 0) is 85.8 Å². The van der Waals surface area contributed by atoms with E-state index in [0.717, 1.165) is 91.1 Å². The van der Waals surface area contributed by atoms with Crippen LogP contribution in [0.1, 0.15) is 29.6 Å².